The zero-order valence-electron chi connectivity index (χ0n) is 11.4. The van der Waals surface area contributed by atoms with E-state index in [9.17, 15) is 4.39 Å². The number of unbranched alkanes of at least 4 members (excludes halogenated alkanes) is 1. The first-order valence-corrected chi connectivity index (χ1v) is 7.00. The summed E-state index contributed by atoms with van der Waals surface area (Å²) in [6.45, 7) is 1.88. The molecule has 0 saturated carbocycles. The van der Waals surface area contributed by atoms with Gasteiger partial charge in [-0.15, -0.1) is 11.6 Å². The second kappa shape index (κ2) is 6.35. The molecule has 0 atom stereocenters. The molecule has 0 fully saturated rings. The van der Waals surface area contributed by atoms with Crippen molar-refractivity contribution in [2.45, 2.75) is 25.3 Å². The maximum Gasteiger partial charge on any atom is 0.125 e. The minimum atomic E-state index is -0.233. The van der Waals surface area contributed by atoms with Gasteiger partial charge >= 0.3 is 0 Å². The van der Waals surface area contributed by atoms with E-state index < -0.39 is 0 Å². The van der Waals surface area contributed by atoms with Crippen LogP contribution < -0.4 is 0 Å². The molecule has 1 heterocycles. The summed E-state index contributed by atoms with van der Waals surface area (Å²) < 4.78 is 15.4. The van der Waals surface area contributed by atoms with E-state index in [1.807, 2.05) is 4.57 Å². The van der Waals surface area contributed by atoms with E-state index in [0.717, 1.165) is 42.8 Å². The molecule has 0 unspecified atom stereocenters. The van der Waals surface area contributed by atoms with E-state index in [-0.39, 0.29) is 5.82 Å². The van der Waals surface area contributed by atoms with Gasteiger partial charge in [-0.25, -0.2) is 9.37 Å². The lowest BCUT2D eigenvalue weighted by atomic mass is 10.2. The van der Waals surface area contributed by atoms with Crippen LogP contribution in [-0.2, 0) is 12.4 Å². The van der Waals surface area contributed by atoms with Crippen LogP contribution in [0.2, 0.25) is 0 Å². The molecule has 2 rings (SSSR count). The molecule has 0 saturated heterocycles. The lowest BCUT2D eigenvalue weighted by Crippen LogP contribution is -2.13. The van der Waals surface area contributed by atoms with E-state index in [1.54, 1.807) is 6.07 Å². The number of benzene rings is 1. The Labute approximate surface area is 118 Å². The molecule has 0 aliphatic rings. The standard InChI is InChI=1S/C14H19ClFN3/c1-18(2)7-3-4-8-19-13-9-11(16)5-6-12(13)17-14(19)10-15/h5-6,9H,3-4,7-8,10H2,1-2H3. The van der Waals surface area contributed by atoms with Crippen molar-refractivity contribution in [2.24, 2.45) is 0 Å². The quantitative estimate of drug-likeness (QED) is 0.599. The number of rotatable bonds is 6. The number of imidazole rings is 1. The number of nitrogens with zero attached hydrogens (tertiary/aromatic N) is 3. The lowest BCUT2D eigenvalue weighted by molar-refractivity contribution is 0.388. The van der Waals surface area contributed by atoms with E-state index >= 15 is 0 Å². The molecule has 3 nitrogen and oxygen atoms in total. The number of aromatic nitrogens is 2. The highest BCUT2D eigenvalue weighted by atomic mass is 35.5. The third-order valence-electron chi connectivity index (χ3n) is 3.15. The zero-order chi connectivity index (χ0) is 13.8. The van der Waals surface area contributed by atoms with Crippen LogP contribution in [0, 0.1) is 5.82 Å². The Kier molecular flexibility index (Phi) is 4.77. The van der Waals surface area contributed by atoms with Crippen LogP contribution in [-0.4, -0.2) is 35.1 Å². The predicted molar refractivity (Wildman–Crippen MR) is 77.0 cm³/mol. The highest BCUT2D eigenvalue weighted by molar-refractivity contribution is 6.16. The molecule has 1 aromatic heterocycles. The van der Waals surface area contributed by atoms with Crippen molar-refractivity contribution in [3.63, 3.8) is 0 Å². The minimum absolute atomic E-state index is 0.233. The maximum absolute atomic E-state index is 13.3. The molecule has 19 heavy (non-hydrogen) atoms. The molecule has 0 amide bonds. The highest BCUT2D eigenvalue weighted by Crippen LogP contribution is 2.19. The van der Waals surface area contributed by atoms with E-state index in [0.29, 0.717) is 5.88 Å². The third kappa shape index (κ3) is 3.45. The van der Waals surface area contributed by atoms with Crippen molar-refractivity contribution >= 4 is 22.6 Å². The van der Waals surface area contributed by atoms with Crippen molar-refractivity contribution in [1.29, 1.82) is 0 Å². The highest BCUT2D eigenvalue weighted by Gasteiger charge is 2.10. The Morgan fingerprint density at radius 3 is 2.79 bits per heavy atom. The molecule has 0 aliphatic carbocycles. The Hall–Kier alpha value is -1.13. The van der Waals surface area contributed by atoms with Gasteiger partial charge in [0.15, 0.2) is 0 Å². The van der Waals surface area contributed by atoms with Gasteiger partial charge < -0.3 is 9.47 Å². The van der Waals surface area contributed by atoms with Crippen LogP contribution in [0.25, 0.3) is 11.0 Å². The van der Waals surface area contributed by atoms with Gasteiger partial charge in [-0.05, 0) is 51.7 Å². The smallest absolute Gasteiger partial charge is 0.125 e. The van der Waals surface area contributed by atoms with Gasteiger partial charge in [0.1, 0.15) is 11.6 Å². The monoisotopic (exact) mass is 283 g/mol. The molecule has 0 bridgehead atoms. The van der Waals surface area contributed by atoms with Gasteiger partial charge in [0.05, 0.1) is 16.9 Å². The number of halogens is 2. The summed E-state index contributed by atoms with van der Waals surface area (Å²) in [5.74, 6) is 0.930. The van der Waals surface area contributed by atoms with Crippen molar-refractivity contribution < 1.29 is 4.39 Å². The maximum atomic E-state index is 13.3. The van der Waals surface area contributed by atoms with Crippen molar-refractivity contribution in [3.05, 3.63) is 29.8 Å². The second-order valence-electron chi connectivity index (χ2n) is 4.96. The van der Waals surface area contributed by atoms with E-state index in [4.69, 9.17) is 11.6 Å². The molecular weight excluding hydrogens is 265 g/mol. The molecule has 0 radical (unpaired) electrons. The average molecular weight is 284 g/mol. The topological polar surface area (TPSA) is 21.1 Å². The van der Waals surface area contributed by atoms with E-state index in [1.165, 1.54) is 12.1 Å². The summed E-state index contributed by atoms with van der Waals surface area (Å²) >= 11 is 5.92. The lowest BCUT2D eigenvalue weighted by Gasteiger charge is -2.11. The van der Waals surface area contributed by atoms with Crippen LogP contribution in [0.1, 0.15) is 18.7 Å². The van der Waals surface area contributed by atoms with Crippen molar-refractivity contribution in [1.82, 2.24) is 14.5 Å². The molecule has 0 N–H and O–H groups in total. The SMILES string of the molecule is CN(C)CCCCn1c(CCl)nc2ccc(F)cc21. The number of hydrogen-bond acceptors (Lipinski definition) is 2. The number of fused-ring (bicyclic) bond motifs is 1. The molecule has 1 aromatic carbocycles. The van der Waals surface area contributed by atoms with Crippen LogP contribution >= 0.6 is 11.6 Å². The van der Waals surface area contributed by atoms with Crippen LogP contribution in [0.4, 0.5) is 4.39 Å². The fourth-order valence-corrected chi connectivity index (χ4v) is 2.40. The van der Waals surface area contributed by atoms with Crippen LogP contribution in [0.3, 0.4) is 0 Å². The van der Waals surface area contributed by atoms with Gasteiger partial charge in [0, 0.05) is 6.54 Å². The first kappa shape index (κ1) is 14.3. The summed E-state index contributed by atoms with van der Waals surface area (Å²) in [5.41, 5.74) is 1.64. The van der Waals surface area contributed by atoms with Gasteiger partial charge in [0.25, 0.3) is 0 Å². The fraction of sp³-hybridized carbons (Fsp3) is 0.500. The van der Waals surface area contributed by atoms with Gasteiger partial charge in [-0.1, -0.05) is 0 Å². The minimum Gasteiger partial charge on any atom is -0.327 e. The van der Waals surface area contributed by atoms with Gasteiger partial charge in [-0.3, -0.25) is 0 Å². The summed E-state index contributed by atoms with van der Waals surface area (Å²) in [5, 5.41) is 0. The molecular formula is C14H19ClFN3. The summed E-state index contributed by atoms with van der Waals surface area (Å²) in [7, 11) is 4.12. The van der Waals surface area contributed by atoms with Gasteiger partial charge in [0.2, 0.25) is 0 Å². The Morgan fingerprint density at radius 1 is 1.32 bits per heavy atom. The Morgan fingerprint density at radius 2 is 2.11 bits per heavy atom. The van der Waals surface area contributed by atoms with Crippen molar-refractivity contribution in [3.8, 4) is 0 Å². The molecule has 0 aliphatic heterocycles. The first-order valence-electron chi connectivity index (χ1n) is 6.47. The Balaban J connectivity index is 2.17. The molecule has 2 aromatic rings. The second-order valence-corrected chi connectivity index (χ2v) is 5.22. The normalized spacial score (nSPS) is 11.6. The average Bonchev–Trinajstić information content (AvgIpc) is 2.72. The van der Waals surface area contributed by atoms with Crippen LogP contribution in [0.5, 0.6) is 0 Å². The zero-order valence-corrected chi connectivity index (χ0v) is 12.1. The largest absolute Gasteiger partial charge is 0.327 e. The van der Waals surface area contributed by atoms with E-state index in [2.05, 4.69) is 24.0 Å². The summed E-state index contributed by atoms with van der Waals surface area (Å²) in [4.78, 5) is 6.60. The molecule has 104 valence electrons. The fourth-order valence-electron chi connectivity index (χ4n) is 2.20. The molecule has 0 spiro atoms. The third-order valence-corrected chi connectivity index (χ3v) is 3.38. The van der Waals surface area contributed by atoms with Gasteiger partial charge in [-0.2, -0.15) is 0 Å². The van der Waals surface area contributed by atoms with Crippen LogP contribution in [0.15, 0.2) is 18.2 Å². The first-order chi connectivity index (χ1) is 9.11. The molecule has 5 heteroatoms. The summed E-state index contributed by atoms with van der Waals surface area (Å²) in [6.07, 6.45) is 2.13. The van der Waals surface area contributed by atoms with Crippen molar-refractivity contribution in [2.75, 3.05) is 20.6 Å². The number of aryl methyl sites for hydroxylation is 1. The Bertz CT molecular complexity index is 551. The number of hydrogen-bond donors (Lipinski definition) is 0. The predicted octanol–water partition coefficient (Wildman–Crippen LogP) is 3.26. The number of alkyl halides is 1. The summed E-state index contributed by atoms with van der Waals surface area (Å²) in [6, 6.07) is 4.67.